The van der Waals surface area contributed by atoms with E-state index in [0.29, 0.717) is 0 Å². The van der Waals surface area contributed by atoms with Crippen molar-refractivity contribution in [1.82, 2.24) is 5.32 Å². The van der Waals surface area contributed by atoms with E-state index in [-0.39, 0.29) is 5.54 Å². The van der Waals surface area contributed by atoms with Crippen molar-refractivity contribution >= 4 is 0 Å². The molecule has 0 saturated heterocycles. The van der Waals surface area contributed by atoms with E-state index in [9.17, 15) is 0 Å². The molecule has 0 aromatic carbocycles. The van der Waals surface area contributed by atoms with E-state index >= 15 is 0 Å². The molecule has 0 aromatic heterocycles. The maximum absolute atomic E-state index is 4.01. The Bertz CT molecular complexity index is 149. The van der Waals surface area contributed by atoms with E-state index in [1.54, 1.807) is 0 Å². The van der Waals surface area contributed by atoms with Crippen LogP contribution in [0.25, 0.3) is 0 Å². The third-order valence-corrected chi connectivity index (χ3v) is 1.78. The topological polar surface area (TPSA) is 12.0 Å². The average molecular weight is 153 g/mol. The van der Waals surface area contributed by atoms with Crippen LogP contribution >= 0.6 is 0 Å². The number of nitrogens with one attached hydrogen (secondary N) is 1. The molecule has 1 N–H and O–H groups in total. The zero-order chi connectivity index (χ0) is 8.48. The van der Waals surface area contributed by atoms with Crippen molar-refractivity contribution in [2.45, 2.75) is 45.6 Å². The van der Waals surface area contributed by atoms with Gasteiger partial charge in [0.1, 0.15) is 0 Å². The summed E-state index contributed by atoms with van der Waals surface area (Å²) in [4.78, 5) is 0. The maximum atomic E-state index is 4.01. The molecule has 1 rings (SSSR count). The SMILES string of the molecule is C=C(CC1CC1)NC(C)(C)C. The minimum absolute atomic E-state index is 0.186. The first-order chi connectivity index (χ1) is 4.97. The van der Waals surface area contributed by atoms with Crippen molar-refractivity contribution in [1.29, 1.82) is 0 Å². The zero-order valence-electron chi connectivity index (χ0n) is 7.91. The van der Waals surface area contributed by atoms with Gasteiger partial charge in [-0.2, -0.15) is 0 Å². The fourth-order valence-corrected chi connectivity index (χ4v) is 1.25. The minimum atomic E-state index is 0.186. The van der Waals surface area contributed by atoms with Crippen LogP contribution < -0.4 is 5.32 Å². The van der Waals surface area contributed by atoms with Gasteiger partial charge in [-0.3, -0.25) is 0 Å². The van der Waals surface area contributed by atoms with Crippen LogP contribution in [0.4, 0.5) is 0 Å². The molecule has 0 aromatic rings. The predicted octanol–water partition coefficient (Wildman–Crippen LogP) is 2.69. The average Bonchev–Trinajstić information content (AvgIpc) is 2.42. The molecule has 1 aliphatic carbocycles. The molecule has 0 unspecified atom stereocenters. The normalized spacial score (nSPS) is 18.1. The van der Waals surface area contributed by atoms with Crippen molar-refractivity contribution in [3.05, 3.63) is 12.3 Å². The van der Waals surface area contributed by atoms with Gasteiger partial charge in [0.25, 0.3) is 0 Å². The summed E-state index contributed by atoms with van der Waals surface area (Å²) in [7, 11) is 0. The lowest BCUT2D eigenvalue weighted by Crippen LogP contribution is -2.34. The largest absolute Gasteiger partial charge is 0.384 e. The van der Waals surface area contributed by atoms with Crippen molar-refractivity contribution in [2.75, 3.05) is 0 Å². The molecule has 1 saturated carbocycles. The Labute approximate surface area is 69.9 Å². The first-order valence-corrected chi connectivity index (χ1v) is 4.43. The summed E-state index contributed by atoms with van der Waals surface area (Å²) in [6.07, 6.45) is 3.99. The number of allylic oxidation sites excluding steroid dienone is 1. The molecule has 0 radical (unpaired) electrons. The van der Waals surface area contributed by atoms with Crippen LogP contribution in [0.3, 0.4) is 0 Å². The molecule has 0 aliphatic heterocycles. The Morgan fingerprint density at radius 2 is 2.00 bits per heavy atom. The van der Waals surface area contributed by atoms with Crippen molar-refractivity contribution < 1.29 is 0 Å². The third-order valence-electron chi connectivity index (χ3n) is 1.78. The Morgan fingerprint density at radius 3 is 2.36 bits per heavy atom. The minimum Gasteiger partial charge on any atom is -0.384 e. The Morgan fingerprint density at radius 1 is 1.45 bits per heavy atom. The highest BCUT2D eigenvalue weighted by Gasteiger charge is 2.23. The molecule has 1 fully saturated rings. The molecule has 0 atom stereocenters. The summed E-state index contributed by atoms with van der Waals surface area (Å²) >= 11 is 0. The fourth-order valence-electron chi connectivity index (χ4n) is 1.25. The predicted molar refractivity (Wildman–Crippen MR) is 49.4 cm³/mol. The molecular formula is C10H19N. The maximum Gasteiger partial charge on any atom is 0.0286 e. The van der Waals surface area contributed by atoms with Gasteiger partial charge in [0.05, 0.1) is 0 Å². The third kappa shape index (κ3) is 4.07. The van der Waals surface area contributed by atoms with Gasteiger partial charge >= 0.3 is 0 Å². The lowest BCUT2D eigenvalue weighted by molar-refractivity contribution is 0.460. The Balaban J connectivity index is 2.19. The highest BCUT2D eigenvalue weighted by molar-refractivity contribution is 5.00. The van der Waals surface area contributed by atoms with E-state index in [4.69, 9.17) is 0 Å². The molecule has 64 valence electrons. The molecule has 0 spiro atoms. The summed E-state index contributed by atoms with van der Waals surface area (Å²) in [6, 6.07) is 0. The fraction of sp³-hybridized carbons (Fsp3) is 0.800. The number of hydrogen-bond acceptors (Lipinski definition) is 1. The molecule has 0 amide bonds. The van der Waals surface area contributed by atoms with Crippen LogP contribution in [0.5, 0.6) is 0 Å². The smallest absolute Gasteiger partial charge is 0.0286 e. The van der Waals surface area contributed by atoms with Gasteiger partial charge in [-0.1, -0.05) is 6.58 Å². The molecular weight excluding hydrogens is 134 g/mol. The van der Waals surface area contributed by atoms with Crippen LogP contribution in [0, 0.1) is 5.92 Å². The molecule has 1 aliphatic rings. The highest BCUT2D eigenvalue weighted by Crippen LogP contribution is 2.34. The van der Waals surface area contributed by atoms with Crippen LogP contribution in [-0.2, 0) is 0 Å². The molecule has 1 heteroatoms. The second-order valence-corrected chi connectivity index (χ2v) is 4.63. The van der Waals surface area contributed by atoms with E-state index in [2.05, 4.69) is 32.7 Å². The first-order valence-electron chi connectivity index (χ1n) is 4.43. The van der Waals surface area contributed by atoms with E-state index in [1.807, 2.05) is 0 Å². The van der Waals surface area contributed by atoms with Crippen molar-refractivity contribution in [3.63, 3.8) is 0 Å². The van der Waals surface area contributed by atoms with Gasteiger partial charge in [0.2, 0.25) is 0 Å². The monoisotopic (exact) mass is 153 g/mol. The number of hydrogen-bond donors (Lipinski definition) is 1. The van der Waals surface area contributed by atoms with Gasteiger partial charge in [0.15, 0.2) is 0 Å². The second kappa shape index (κ2) is 2.88. The van der Waals surface area contributed by atoms with Gasteiger partial charge in [0, 0.05) is 11.2 Å². The van der Waals surface area contributed by atoms with Gasteiger partial charge < -0.3 is 5.32 Å². The lowest BCUT2D eigenvalue weighted by atomic mass is 10.1. The first kappa shape index (κ1) is 8.63. The lowest BCUT2D eigenvalue weighted by Gasteiger charge is -2.23. The second-order valence-electron chi connectivity index (χ2n) is 4.63. The van der Waals surface area contributed by atoms with Gasteiger partial charge in [-0.15, -0.1) is 0 Å². The van der Waals surface area contributed by atoms with Gasteiger partial charge in [-0.05, 0) is 46.0 Å². The zero-order valence-corrected chi connectivity index (χ0v) is 7.91. The summed E-state index contributed by atoms with van der Waals surface area (Å²) < 4.78 is 0. The standard InChI is InChI=1S/C10H19N/c1-8(7-9-5-6-9)11-10(2,3)4/h9,11H,1,5-7H2,2-4H3. The number of rotatable bonds is 3. The van der Waals surface area contributed by atoms with E-state index in [1.165, 1.54) is 25.0 Å². The summed E-state index contributed by atoms with van der Waals surface area (Å²) in [6.45, 7) is 10.5. The van der Waals surface area contributed by atoms with Crippen LogP contribution in [0.15, 0.2) is 12.3 Å². The molecule has 0 heterocycles. The summed E-state index contributed by atoms with van der Waals surface area (Å²) in [5.41, 5.74) is 1.39. The Kier molecular flexibility index (Phi) is 2.26. The molecule has 11 heavy (non-hydrogen) atoms. The van der Waals surface area contributed by atoms with Crippen LogP contribution in [-0.4, -0.2) is 5.54 Å². The molecule has 0 bridgehead atoms. The van der Waals surface area contributed by atoms with E-state index in [0.717, 1.165) is 5.92 Å². The molecule has 1 nitrogen and oxygen atoms in total. The highest BCUT2D eigenvalue weighted by atomic mass is 15.0. The van der Waals surface area contributed by atoms with Crippen molar-refractivity contribution in [2.24, 2.45) is 5.92 Å². The quantitative estimate of drug-likeness (QED) is 0.657. The van der Waals surface area contributed by atoms with Gasteiger partial charge in [-0.25, -0.2) is 0 Å². The van der Waals surface area contributed by atoms with Crippen LogP contribution in [0.1, 0.15) is 40.0 Å². The van der Waals surface area contributed by atoms with Crippen LogP contribution in [0.2, 0.25) is 0 Å². The summed E-state index contributed by atoms with van der Waals surface area (Å²) in [5, 5.41) is 3.40. The van der Waals surface area contributed by atoms with E-state index < -0.39 is 0 Å². The summed E-state index contributed by atoms with van der Waals surface area (Å²) in [5.74, 6) is 0.942. The Hall–Kier alpha value is -0.460. The van der Waals surface area contributed by atoms with Crippen molar-refractivity contribution in [3.8, 4) is 0 Å².